The van der Waals surface area contributed by atoms with E-state index in [0.29, 0.717) is 58.0 Å². The highest BCUT2D eigenvalue weighted by atomic mass is 19.1. The monoisotopic (exact) mass is 582 g/mol. The van der Waals surface area contributed by atoms with Gasteiger partial charge in [-0.3, -0.25) is 9.88 Å². The van der Waals surface area contributed by atoms with Crippen LogP contribution < -0.4 is 15.0 Å². The van der Waals surface area contributed by atoms with Crippen LogP contribution in [0.15, 0.2) is 36.5 Å². The number of piperidine rings is 1. The van der Waals surface area contributed by atoms with Crippen LogP contribution in [0.5, 0.6) is 11.8 Å². The van der Waals surface area contributed by atoms with Gasteiger partial charge in [-0.25, -0.2) is 8.78 Å². The molecule has 0 amide bonds. The van der Waals surface area contributed by atoms with Gasteiger partial charge in [0.25, 0.3) is 0 Å². The lowest BCUT2D eigenvalue weighted by Gasteiger charge is -2.33. The van der Waals surface area contributed by atoms with Crippen LogP contribution in [0.1, 0.15) is 31.2 Å². The number of pyridine rings is 1. The average Bonchev–Trinajstić information content (AvgIpc) is 3.65. The summed E-state index contributed by atoms with van der Waals surface area (Å²) in [6.07, 6.45) is 9.88. The Labute approximate surface area is 248 Å². The number of hydrogen-bond acceptors (Lipinski definition) is 8. The topological polar surface area (TPSA) is 86.6 Å². The van der Waals surface area contributed by atoms with Crippen LogP contribution in [0, 0.1) is 24.1 Å². The Morgan fingerprint density at radius 3 is 2.98 bits per heavy atom. The number of aromatic nitrogens is 3. The molecule has 0 aliphatic carbocycles. The average molecular weight is 583 g/mol. The molecule has 0 saturated carbocycles. The highest BCUT2D eigenvalue weighted by Gasteiger charge is 2.49. The van der Waals surface area contributed by atoms with E-state index in [2.05, 4.69) is 31.0 Å². The molecule has 8 rings (SSSR count). The SMILES string of the molecule is C#Cc1cccc2cc(O)cc(-c3ncc4c(N5C[C@@H]6CN[C@@H](C6)C5)nc(OC[C@@]56CCCN5C[C@H](F)C6)nc4c3F)c12. The molecule has 4 saturated heterocycles. The predicted octanol–water partition coefficient (Wildman–Crippen LogP) is 4.42. The van der Waals surface area contributed by atoms with Gasteiger partial charge in [-0.15, -0.1) is 6.42 Å². The molecule has 2 N–H and O–H groups in total. The van der Waals surface area contributed by atoms with Crippen molar-refractivity contribution < 1.29 is 18.6 Å². The maximum atomic E-state index is 16.7. The van der Waals surface area contributed by atoms with Gasteiger partial charge in [-0.1, -0.05) is 18.1 Å². The number of aromatic hydroxyl groups is 1. The van der Waals surface area contributed by atoms with Gasteiger partial charge in [-0.05, 0) is 55.3 Å². The third-order valence-corrected chi connectivity index (χ3v) is 9.78. The van der Waals surface area contributed by atoms with E-state index in [1.807, 2.05) is 6.07 Å². The summed E-state index contributed by atoms with van der Waals surface area (Å²) in [6, 6.07) is 8.88. The Morgan fingerprint density at radius 2 is 2.12 bits per heavy atom. The molecule has 4 aliphatic rings. The minimum absolute atomic E-state index is 0.0234. The molecular weight excluding hydrogens is 550 g/mol. The molecule has 4 aliphatic heterocycles. The van der Waals surface area contributed by atoms with E-state index in [1.54, 1.807) is 24.4 Å². The number of terminal acetylenes is 1. The molecule has 2 aromatic heterocycles. The van der Waals surface area contributed by atoms with Gasteiger partial charge in [0.15, 0.2) is 5.82 Å². The van der Waals surface area contributed by atoms with Crippen molar-refractivity contribution in [1.29, 1.82) is 0 Å². The van der Waals surface area contributed by atoms with Gasteiger partial charge in [-0.2, -0.15) is 9.97 Å². The van der Waals surface area contributed by atoms with E-state index in [1.165, 1.54) is 6.07 Å². The number of benzene rings is 2. The zero-order valence-corrected chi connectivity index (χ0v) is 23.7. The van der Waals surface area contributed by atoms with Crippen molar-refractivity contribution in [2.45, 2.75) is 43.4 Å². The third kappa shape index (κ3) is 4.36. The zero-order chi connectivity index (χ0) is 29.3. The molecule has 10 heteroatoms. The van der Waals surface area contributed by atoms with E-state index < -0.39 is 12.0 Å². The first-order valence-corrected chi connectivity index (χ1v) is 15.0. The second-order valence-corrected chi connectivity index (χ2v) is 12.5. The van der Waals surface area contributed by atoms with Gasteiger partial charge in [0.05, 0.1) is 10.9 Å². The molecule has 0 unspecified atom stereocenters. The summed E-state index contributed by atoms with van der Waals surface area (Å²) in [4.78, 5) is 18.3. The quantitative estimate of drug-likeness (QED) is 0.335. The Kier molecular flexibility index (Phi) is 6.17. The summed E-state index contributed by atoms with van der Waals surface area (Å²) in [6.45, 7) is 3.96. The number of rotatable bonds is 5. The number of alkyl halides is 1. The molecule has 220 valence electrons. The number of halogens is 2. The van der Waals surface area contributed by atoms with E-state index in [-0.39, 0.29) is 35.1 Å². The highest BCUT2D eigenvalue weighted by molar-refractivity contribution is 6.02. The molecule has 2 aromatic carbocycles. The molecule has 4 atom stereocenters. The Hall–Kier alpha value is -4.07. The standard InChI is InChI=1S/C33H32F2N6O2/c1-2-20-5-3-6-21-10-24(42)11-25(27(20)21)29-28(35)30-26(14-37-29)31(40-15-19-9-23(17-40)36-13-19)39-32(38-30)43-18-33-7-4-8-41(33)16-22(34)12-33/h1,3,5-6,10-11,14,19,22-23,36,42H,4,7-9,12-13,15-18H2/t19-,22+,23-,33-/m0/s1. The lowest BCUT2D eigenvalue weighted by atomic mass is 9.95. The molecule has 8 nitrogen and oxygen atoms in total. The predicted molar refractivity (Wildman–Crippen MR) is 160 cm³/mol. The lowest BCUT2D eigenvalue weighted by molar-refractivity contribution is 0.107. The number of phenolic OH excluding ortho intramolecular Hbond substituents is 1. The van der Waals surface area contributed by atoms with Crippen LogP contribution in [0.25, 0.3) is 32.9 Å². The molecule has 4 fully saturated rings. The Morgan fingerprint density at radius 1 is 1.21 bits per heavy atom. The van der Waals surface area contributed by atoms with Crippen LogP contribution >= 0.6 is 0 Å². The van der Waals surface area contributed by atoms with Crippen LogP contribution in [0.4, 0.5) is 14.6 Å². The van der Waals surface area contributed by atoms with Crippen molar-refractivity contribution in [1.82, 2.24) is 25.2 Å². The number of nitrogens with one attached hydrogen (secondary N) is 1. The van der Waals surface area contributed by atoms with E-state index in [4.69, 9.17) is 16.1 Å². The molecule has 0 radical (unpaired) electrons. The van der Waals surface area contributed by atoms with Crippen molar-refractivity contribution >= 4 is 27.5 Å². The third-order valence-electron chi connectivity index (χ3n) is 9.78. The van der Waals surface area contributed by atoms with Crippen LogP contribution in [-0.4, -0.2) is 82.0 Å². The summed E-state index contributed by atoms with van der Waals surface area (Å²) in [7, 11) is 0. The smallest absolute Gasteiger partial charge is 0.319 e. The van der Waals surface area contributed by atoms with Gasteiger partial charge < -0.3 is 20.1 Å². The van der Waals surface area contributed by atoms with Gasteiger partial charge >= 0.3 is 6.01 Å². The first kappa shape index (κ1) is 26.5. The van der Waals surface area contributed by atoms with Gasteiger partial charge in [0, 0.05) is 61.4 Å². The van der Waals surface area contributed by atoms with Crippen LogP contribution in [-0.2, 0) is 0 Å². The van der Waals surface area contributed by atoms with Gasteiger partial charge in [0.2, 0.25) is 0 Å². The molecule has 43 heavy (non-hydrogen) atoms. The fraction of sp³-hybridized carbons (Fsp3) is 0.424. The fourth-order valence-corrected chi connectivity index (χ4v) is 7.89. The summed E-state index contributed by atoms with van der Waals surface area (Å²) in [5.74, 6) is 3.06. The highest BCUT2D eigenvalue weighted by Crippen LogP contribution is 2.42. The maximum Gasteiger partial charge on any atom is 0.319 e. The number of fused-ring (bicyclic) bond motifs is 5. The minimum atomic E-state index is -0.885. The van der Waals surface area contributed by atoms with Crippen molar-refractivity contribution in [2.75, 3.05) is 44.2 Å². The number of phenols is 1. The number of ether oxygens (including phenoxy) is 1. The van der Waals surface area contributed by atoms with Crippen molar-refractivity contribution in [2.24, 2.45) is 5.92 Å². The zero-order valence-electron chi connectivity index (χ0n) is 23.7. The van der Waals surface area contributed by atoms with Crippen molar-refractivity contribution in [3.05, 3.63) is 47.9 Å². The summed E-state index contributed by atoms with van der Waals surface area (Å²) in [5, 5.41) is 15.9. The number of nitrogens with zero attached hydrogens (tertiary/aromatic N) is 5. The van der Waals surface area contributed by atoms with E-state index in [9.17, 15) is 9.50 Å². The first-order valence-electron chi connectivity index (χ1n) is 15.0. The van der Waals surface area contributed by atoms with E-state index >= 15 is 4.39 Å². The minimum Gasteiger partial charge on any atom is -0.508 e. The molecule has 6 heterocycles. The Bertz CT molecular complexity index is 1800. The Balaban J connectivity index is 1.27. The second-order valence-electron chi connectivity index (χ2n) is 12.5. The molecular formula is C33H32F2N6O2. The maximum absolute atomic E-state index is 16.7. The molecule has 4 aromatic rings. The van der Waals surface area contributed by atoms with Crippen molar-refractivity contribution in [3.8, 4) is 35.4 Å². The van der Waals surface area contributed by atoms with Gasteiger partial charge in [0.1, 0.15) is 35.6 Å². The largest absolute Gasteiger partial charge is 0.508 e. The number of hydrogen-bond donors (Lipinski definition) is 2. The number of anilines is 1. The lowest BCUT2D eigenvalue weighted by Crippen LogP contribution is -2.44. The van der Waals surface area contributed by atoms with E-state index in [0.717, 1.165) is 45.4 Å². The second kappa shape index (κ2) is 10.00. The normalized spacial score (nSPS) is 26.7. The molecule has 2 bridgehead atoms. The first-order chi connectivity index (χ1) is 20.9. The van der Waals surface area contributed by atoms with Crippen molar-refractivity contribution in [3.63, 3.8) is 0 Å². The van der Waals surface area contributed by atoms with Crippen LogP contribution in [0.2, 0.25) is 0 Å². The summed E-state index contributed by atoms with van der Waals surface area (Å²) in [5.41, 5.74) is 0.678. The fourth-order valence-electron chi connectivity index (χ4n) is 7.89. The summed E-state index contributed by atoms with van der Waals surface area (Å²) >= 11 is 0. The molecule has 0 spiro atoms. The summed E-state index contributed by atoms with van der Waals surface area (Å²) < 4.78 is 37.4. The van der Waals surface area contributed by atoms with Crippen LogP contribution in [0.3, 0.4) is 0 Å².